The second-order valence-corrected chi connectivity index (χ2v) is 9.18. The molecular weight excluding hydrogens is 417 g/mol. The van der Waals surface area contributed by atoms with E-state index in [0.29, 0.717) is 27.8 Å². The number of aromatic nitrogens is 5. The molecule has 1 aromatic carbocycles. The first-order chi connectivity index (χ1) is 13.5. The van der Waals surface area contributed by atoms with Crippen molar-refractivity contribution in [3.05, 3.63) is 40.0 Å². The molecule has 0 spiro atoms. The van der Waals surface area contributed by atoms with Gasteiger partial charge in [0.1, 0.15) is 0 Å². The van der Waals surface area contributed by atoms with Gasteiger partial charge in [0.05, 0.1) is 10.3 Å². The zero-order chi connectivity index (χ0) is 19.7. The van der Waals surface area contributed by atoms with Crippen LogP contribution in [0.3, 0.4) is 0 Å². The summed E-state index contributed by atoms with van der Waals surface area (Å²) < 4.78 is 7.57. The van der Waals surface area contributed by atoms with E-state index in [1.807, 2.05) is 26.0 Å². The van der Waals surface area contributed by atoms with Crippen molar-refractivity contribution in [3.63, 3.8) is 0 Å². The number of nitrogens with zero attached hydrogens (tertiary/aromatic N) is 5. The molecular formula is C19H21Cl2N5OS. The molecule has 1 fully saturated rings. The van der Waals surface area contributed by atoms with Gasteiger partial charge >= 0.3 is 0 Å². The molecule has 0 amide bonds. The zero-order valence-electron chi connectivity index (χ0n) is 15.7. The first-order valence-electron chi connectivity index (χ1n) is 9.40. The number of hydrogen-bond acceptors (Lipinski definition) is 6. The van der Waals surface area contributed by atoms with Gasteiger partial charge in [0.15, 0.2) is 16.8 Å². The molecule has 1 saturated carbocycles. The van der Waals surface area contributed by atoms with Crippen LogP contribution in [0.2, 0.25) is 10.0 Å². The second kappa shape index (κ2) is 8.43. The minimum absolute atomic E-state index is 0.0266. The molecule has 2 heterocycles. The molecule has 2 aromatic heterocycles. The van der Waals surface area contributed by atoms with E-state index in [4.69, 9.17) is 27.7 Å². The SMILES string of the molecule is Cc1noc([C@@H](C)Sc2nnc(-c3ccc(Cl)cc3Cl)n2C2CCCCC2)n1. The quantitative estimate of drug-likeness (QED) is 0.435. The van der Waals surface area contributed by atoms with Gasteiger partial charge in [0.25, 0.3) is 0 Å². The van der Waals surface area contributed by atoms with Gasteiger partial charge in [0.2, 0.25) is 5.89 Å². The van der Waals surface area contributed by atoms with E-state index in [0.717, 1.165) is 29.4 Å². The average Bonchev–Trinajstić information content (AvgIpc) is 3.29. The largest absolute Gasteiger partial charge is 0.338 e. The predicted octanol–water partition coefficient (Wildman–Crippen LogP) is 6.30. The Morgan fingerprint density at radius 1 is 1.18 bits per heavy atom. The maximum absolute atomic E-state index is 6.48. The molecule has 1 atom stereocenters. The number of rotatable bonds is 5. The van der Waals surface area contributed by atoms with Crippen molar-refractivity contribution in [1.82, 2.24) is 24.9 Å². The molecule has 0 unspecified atom stereocenters. The Morgan fingerprint density at radius 3 is 2.64 bits per heavy atom. The number of thioether (sulfide) groups is 1. The summed E-state index contributed by atoms with van der Waals surface area (Å²) in [6.07, 6.45) is 5.91. The molecule has 4 rings (SSSR count). The summed E-state index contributed by atoms with van der Waals surface area (Å²) in [7, 11) is 0. The molecule has 1 aliphatic rings. The summed E-state index contributed by atoms with van der Waals surface area (Å²) in [6, 6.07) is 5.84. The van der Waals surface area contributed by atoms with Crippen LogP contribution in [0.25, 0.3) is 11.4 Å². The molecule has 28 heavy (non-hydrogen) atoms. The monoisotopic (exact) mass is 437 g/mol. The van der Waals surface area contributed by atoms with Crippen molar-refractivity contribution in [2.24, 2.45) is 0 Å². The van der Waals surface area contributed by atoms with E-state index >= 15 is 0 Å². The molecule has 0 N–H and O–H groups in total. The minimum Gasteiger partial charge on any atom is -0.338 e. The lowest BCUT2D eigenvalue weighted by Gasteiger charge is -2.26. The van der Waals surface area contributed by atoms with Crippen LogP contribution < -0.4 is 0 Å². The van der Waals surface area contributed by atoms with E-state index in [2.05, 4.69) is 24.9 Å². The Balaban J connectivity index is 1.72. The van der Waals surface area contributed by atoms with Crippen LogP contribution in [0.15, 0.2) is 27.9 Å². The number of aryl methyl sites for hydroxylation is 1. The van der Waals surface area contributed by atoms with Gasteiger partial charge in [-0.3, -0.25) is 4.57 Å². The molecule has 148 valence electrons. The van der Waals surface area contributed by atoms with Crippen molar-refractivity contribution >= 4 is 35.0 Å². The fourth-order valence-corrected chi connectivity index (χ4v) is 5.01. The summed E-state index contributed by atoms with van der Waals surface area (Å²) in [5, 5.41) is 14.9. The highest BCUT2D eigenvalue weighted by Crippen LogP contribution is 2.41. The van der Waals surface area contributed by atoms with Gasteiger partial charge in [-0.1, -0.05) is 59.4 Å². The Bertz CT molecular complexity index is 967. The minimum atomic E-state index is -0.0266. The normalized spacial score (nSPS) is 16.4. The highest BCUT2D eigenvalue weighted by Gasteiger charge is 2.27. The third-order valence-electron chi connectivity index (χ3n) is 4.95. The molecule has 0 radical (unpaired) electrons. The maximum Gasteiger partial charge on any atom is 0.239 e. The van der Waals surface area contributed by atoms with E-state index in [9.17, 15) is 0 Å². The molecule has 0 bridgehead atoms. The molecule has 1 aliphatic carbocycles. The zero-order valence-corrected chi connectivity index (χ0v) is 18.1. The lowest BCUT2D eigenvalue weighted by atomic mass is 9.95. The van der Waals surface area contributed by atoms with Crippen molar-refractivity contribution < 1.29 is 4.52 Å². The van der Waals surface area contributed by atoms with Crippen LogP contribution >= 0.6 is 35.0 Å². The van der Waals surface area contributed by atoms with Gasteiger partial charge < -0.3 is 4.52 Å². The lowest BCUT2D eigenvalue weighted by molar-refractivity contribution is 0.338. The average molecular weight is 438 g/mol. The van der Waals surface area contributed by atoms with Gasteiger partial charge in [-0.2, -0.15) is 4.98 Å². The van der Waals surface area contributed by atoms with Crippen molar-refractivity contribution in [2.45, 2.75) is 62.4 Å². The first-order valence-corrected chi connectivity index (χ1v) is 11.0. The van der Waals surface area contributed by atoms with Crippen LogP contribution in [0.5, 0.6) is 0 Å². The molecule has 9 heteroatoms. The standard InChI is InChI=1S/C19H21Cl2N5OS/c1-11(18-22-12(2)25-27-18)28-19-24-23-17(15-9-8-13(20)10-16(15)21)26(19)14-6-4-3-5-7-14/h8-11,14H,3-7H2,1-2H3/t11-/m1/s1. The van der Waals surface area contributed by atoms with Crippen LogP contribution in [-0.2, 0) is 0 Å². The number of hydrogen-bond donors (Lipinski definition) is 0. The fraction of sp³-hybridized carbons (Fsp3) is 0.474. The predicted molar refractivity (Wildman–Crippen MR) is 111 cm³/mol. The van der Waals surface area contributed by atoms with Gasteiger partial charge in [-0.25, -0.2) is 0 Å². The van der Waals surface area contributed by atoms with E-state index < -0.39 is 0 Å². The smallest absolute Gasteiger partial charge is 0.239 e. The molecule has 0 aliphatic heterocycles. The highest BCUT2D eigenvalue weighted by atomic mass is 35.5. The number of halogens is 2. The summed E-state index contributed by atoms with van der Waals surface area (Å²) in [5.41, 5.74) is 0.845. The summed E-state index contributed by atoms with van der Waals surface area (Å²) >= 11 is 14.1. The van der Waals surface area contributed by atoms with E-state index in [1.54, 1.807) is 17.8 Å². The Morgan fingerprint density at radius 2 is 1.96 bits per heavy atom. The van der Waals surface area contributed by atoms with Crippen LogP contribution in [-0.4, -0.2) is 24.9 Å². The Kier molecular flexibility index (Phi) is 5.94. The number of benzene rings is 1. The van der Waals surface area contributed by atoms with Crippen LogP contribution in [0.1, 0.15) is 62.0 Å². The third-order valence-corrected chi connectivity index (χ3v) is 6.54. The van der Waals surface area contributed by atoms with Crippen molar-refractivity contribution in [3.8, 4) is 11.4 Å². The maximum atomic E-state index is 6.48. The Labute approximate surface area is 178 Å². The van der Waals surface area contributed by atoms with Crippen molar-refractivity contribution in [2.75, 3.05) is 0 Å². The summed E-state index contributed by atoms with van der Waals surface area (Å²) in [5.74, 6) is 2.00. The summed E-state index contributed by atoms with van der Waals surface area (Å²) in [4.78, 5) is 4.35. The second-order valence-electron chi connectivity index (χ2n) is 7.03. The van der Waals surface area contributed by atoms with Gasteiger partial charge in [-0.15, -0.1) is 10.2 Å². The van der Waals surface area contributed by atoms with Gasteiger partial charge in [0, 0.05) is 16.6 Å². The highest BCUT2D eigenvalue weighted by molar-refractivity contribution is 7.99. The molecule has 0 saturated heterocycles. The molecule has 6 nitrogen and oxygen atoms in total. The first kappa shape index (κ1) is 19.7. The topological polar surface area (TPSA) is 69.6 Å². The van der Waals surface area contributed by atoms with E-state index in [1.165, 1.54) is 19.3 Å². The summed E-state index contributed by atoms with van der Waals surface area (Å²) in [6.45, 7) is 3.85. The molecule has 3 aromatic rings. The van der Waals surface area contributed by atoms with E-state index in [-0.39, 0.29) is 5.25 Å². The fourth-order valence-electron chi connectivity index (χ4n) is 3.57. The van der Waals surface area contributed by atoms with Crippen LogP contribution in [0, 0.1) is 6.92 Å². The third kappa shape index (κ3) is 4.07. The van der Waals surface area contributed by atoms with Crippen LogP contribution in [0.4, 0.5) is 0 Å². The van der Waals surface area contributed by atoms with Gasteiger partial charge in [-0.05, 0) is 44.9 Å². The van der Waals surface area contributed by atoms with Crippen molar-refractivity contribution in [1.29, 1.82) is 0 Å². The Hall–Kier alpha value is -1.57. The lowest BCUT2D eigenvalue weighted by Crippen LogP contribution is -2.15.